The van der Waals surface area contributed by atoms with Gasteiger partial charge in [0.05, 0.1) is 15.1 Å². The highest BCUT2D eigenvalue weighted by molar-refractivity contribution is 7.93. The van der Waals surface area contributed by atoms with Crippen molar-refractivity contribution in [1.29, 1.82) is 0 Å². The number of hydrogen-bond acceptors (Lipinski definition) is 5. The quantitative estimate of drug-likeness (QED) is 0.380. The number of anilines is 3. The average Bonchev–Trinajstić information content (AvgIpc) is 3.10. The average molecular weight is 453 g/mol. The summed E-state index contributed by atoms with van der Waals surface area (Å²) in [6, 6.07) is 19.0. The molecule has 0 bridgehead atoms. The molecule has 3 aromatic carbocycles. The van der Waals surface area contributed by atoms with E-state index in [1.165, 1.54) is 11.3 Å². The zero-order valence-corrected chi connectivity index (χ0v) is 18.5. The first kappa shape index (κ1) is 20.8. The number of carbonyl (C=O) groups is 1. The van der Waals surface area contributed by atoms with E-state index in [-0.39, 0.29) is 16.1 Å². The Balaban J connectivity index is 1.50. The number of sulfonamides is 1. The summed E-state index contributed by atoms with van der Waals surface area (Å²) < 4.78 is 28.5. The second-order valence-corrected chi connectivity index (χ2v) is 9.73. The minimum Gasteiger partial charge on any atom is -0.308 e. The van der Waals surface area contributed by atoms with E-state index < -0.39 is 10.0 Å². The van der Waals surface area contributed by atoms with Crippen LogP contribution in [-0.2, 0) is 10.0 Å². The lowest BCUT2D eigenvalue weighted by molar-refractivity contribution is 0.262. The molecule has 7 nitrogen and oxygen atoms in total. The number of thiazole rings is 1. The predicted molar refractivity (Wildman–Crippen MR) is 125 cm³/mol. The maximum absolute atomic E-state index is 12.6. The van der Waals surface area contributed by atoms with Gasteiger partial charge in [-0.25, -0.2) is 18.2 Å². The third-order valence-electron chi connectivity index (χ3n) is 4.59. The van der Waals surface area contributed by atoms with E-state index in [1.807, 2.05) is 38.1 Å². The van der Waals surface area contributed by atoms with Crippen molar-refractivity contribution < 1.29 is 13.2 Å². The molecule has 4 rings (SSSR count). The third-order valence-corrected chi connectivity index (χ3v) is 7.03. The van der Waals surface area contributed by atoms with E-state index in [2.05, 4.69) is 20.3 Å². The summed E-state index contributed by atoms with van der Waals surface area (Å²) in [6.07, 6.45) is 0. The van der Waals surface area contributed by atoms with Gasteiger partial charge in [0, 0.05) is 11.4 Å². The molecular formula is C22H20N4O3S2. The lowest BCUT2D eigenvalue weighted by Gasteiger charge is -2.09. The Morgan fingerprint density at radius 3 is 2.42 bits per heavy atom. The number of benzene rings is 3. The Hall–Kier alpha value is -3.43. The molecule has 0 saturated heterocycles. The van der Waals surface area contributed by atoms with Crippen molar-refractivity contribution in [3.05, 3.63) is 77.9 Å². The fourth-order valence-electron chi connectivity index (χ4n) is 2.94. The molecule has 158 valence electrons. The van der Waals surface area contributed by atoms with Crippen LogP contribution in [0.15, 0.2) is 71.6 Å². The molecular weight excluding hydrogens is 432 g/mol. The van der Waals surface area contributed by atoms with Crippen LogP contribution in [0.2, 0.25) is 0 Å². The fourth-order valence-corrected chi connectivity index (χ4v) is 5.02. The summed E-state index contributed by atoms with van der Waals surface area (Å²) >= 11 is 1.22. The zero-order valence-electron chi connectivity index (χ0n) is 16.8. The molecule has 0 radical (unpaired) electrons. The van der Waals surface area contributed by atoms with E-state index >= 15 is 0 Å². The number of nitrogens with one attached hydrogen (secondary N) is 3. The molecule has 0 aliphatic carbocycles. The minimum atomic E-state index is -3.73. The van der Waals surface area contributed by atoms with E-state index in [9.17, 15) is 13.2 Å². The Bertz CT molecular complexity index is 1360. The molecule has 31 heavy (non-hydrogen) atoms. The van der Waals surface area contributed by atoms with Crippen molar-refractivity contribution in [2.24, 2.45) is 0 Å². The van der Waals surface area contributed by atoms with Gasteiger partial charge in [0.1, 0.15) is 0 Å². The maximum Gasteiger partial charge on any atom is 0.323 e. The highest BCUT2D eigenvalue weighted by atomic mass is 32.2. The normalized spacial score (nSPS) is 11.3. The summed E-state index contributed by atoms with van der Waals surface area (Å²) in [5.41, 5.74) is 3.79. The van der Waals surface area contributed by atoms with Gasteiger partial charge in [0.25, 0.3) is 10.0 Å². The highest BCUT2D eigenvalue weighted by Gasteiger charge is 2.16. The largest absolute Gasteiger partial charge is 0.323 e. The van der Waals surface area contributed by atoms with Gasteiger partial charge in [0.15, 0.2) is 5.13 Å². The molecule has 9 heteroatoms. The fraction of sp³-hybridized carbons (Fsp3) is 0.0909. The summed E-state index contributed by atoms with van der Waals surface area (Å²) in [6.45, 7) is 3.81. The standard InChI is InChI=1S/C22H20N4O3S2/c1-14-7-10-17(11-8-14)31(28,29)26-22-25-19-13-16(9-12-20(19)30-22)23-21(27)24-18-6-4-3-5-15(18)2/h3-13H,1-2H3,(H,25,26)(H2,23,24,27). The number of nitrogens with zero attached hydrogens (tertiary/aromatic N) is 1. The van der Waals surface area contributed by atoms with Crippen molar-refractivity contribution in [1.82, 2.24) is 4.98 Å². The molecule has 0 aliphatic heterocycles. The number of fused-ring (bicyclic) bond motifs is 1. The Kier molecular flexibility index (Phi) is 5.62. The molecule has 1 aromatic heterocycles. The maximum atomic E-state index is 12.6. The second-order valence-electron chi connectivity index (χ2n) is 7.01. The van der Waals surface area contributed by atoms with Gasteiger partial charge in [-0.1, -0.05) is 47.2 Å². The molecule has 0 atom stereocenters. The highest BCUT2D eigenvalue weighted by Crippen LogP contribution is 2.29. The van der Waals surface area contributed by atoms with Gasteiger partial charge in [-0.2, -0.15) is 0 Å². The first-order chi connectivity index (χ1) is 14.8. The van der Waals surface area contributed by atoms with Crippen molar-refractivity contribution in [3.8, 4) is 0 Å². The number of hydrogen-bond donors (Lipinski definition) is 3. The molecule has 4 aromatic rings. The number of aromatic nitrogens is 1. The number of rotatable bonds is 5. The molecule has 0 saturated carbocycles. The van der Waals surface area contributed by atoms with Crippen LogP contribution >= 0.6 is 11.3 Å². The first-order valence-corrected chi connectivity index (χ1v) is 11.7. The van der Waals surface area contributed by atoms with E-state index in [0.717, 1.165) is 21.5 Å². The van der Waals surface area contributed by atoms with Crippen LogP contribution in [0.3, 0.4) is 0 Å². The van der Waals surface area contributed by atoms with E-state index in [0.29, 0.717) is 11.2 Å². The van der Waals surface area contributed by atoms with Crippen molar-refractivity contribution in [2.75, 3.05) is 15.4 Å². The topological polar surface area (TPSA) is 100 Å². The molecule has 3 N–H and O–H groups in total. The summed E-state index contributed by atoms with van der Waals surface area (Å²) in [5.74, 6) is 0. The van der Waals surface area contributed by atoms with Gasteiger partial charge in [-0.15, -0.1) is 0 Å². The van der Waals surface area contributed by atoms with Crippen LogP contribution in [0.1, 0.15) is 11.1 Å². The summed E-state index contributed by atoms with van der Waals surface area (Å²) in [7, 11) is -3.73. The van der Waals surface area contributed by atoms with Gasteiger partial charge in [0.2, 0.25) is 0 Å². The Morgan fingerprint density at radius 1 is 0.935 bits per heavy atom. The van der Waals surface area contributed by atoms with Gasteiger partial charge >= 0.3 is 6.03 Å². The van der Waals surface area contributed by atoms with Crippen molar-refractivity contribution >= 4 is 54.1 Å². The van der Waals surface area contributed by atoms with Crippen LogP contribution in [0.25, 0.3) is 10.2 Å². The molecule has 0 fully saturated rings. The number of amides is 2. The Labute approximate surface area is 184 Å². The number of para-hydroxylation sites is 1. The van der Waals surface area contributed by atoms with Gasteiger partial charge in [-0.3, -0.25) is 4.72 Å². The molecule has 0 spiro atoms. The third kappa shape index (κ3) is 4.84. The van der Waals surface area contributed by atoms with Gasteiger partial charge < -0.3 is 10.6 Å². The van der Waals surface area contributed by atoms with Crippen LogP contribution in [-0.4, -0.2) is 19.4 Å². The molecule has 1 heterocycles. The lowest BCUT2D eigenvalue weighted by Crippen LogP contribution is -2.19. The summed E-state index contributed by atoms with van der Waals surface area (Å²) in [5, 5.41) is 5.84. The second kappa shape index (κ2) is 8.37. The van der Waals surface area contributed by atoms with E-state index in [1.54, 1.807) is 42.5 Å². The smallest absolute Gasteiger partial charge is 0.308 e. The predicted octanol–water partition coefficient (Wildman–Crippen LogP) is 5.36. The van der Waals surface area contributed by atoms with Gasteiger partial charge in [-0.05, 0) is 55.8 Å². The zero-order chi connectivity index (χ0) is 22.0. The van der Waals surface area contributed by atoms with Crippen molar-refractivity contribution in [3.63, 3.8) is 0 Å². The molecule has 0 unspecified atom stereocenters. The number of aryl methyl sites for hydroxylation is 2. The van der Waals surface area contributed by atoms with Crippen LogP contribution in [0, 0.1) is 13.8 Å². The first-order valence-electron chi connectivity index (χ1n) is 9.44. The Morgan fingerprint density at radius 2 is 1.68 bits per heavy atom. The van der Waals surface area contributed by atoms with Crippen molar-refractivity contribution in [2.45, 2.75) is 18.7 Å². The number of carbonyl (C=O) groups excluding carboxylic acids is 1. The minimum absolute atomic E-state index is 0.174. The molecule has 2 amide bonds. The van der Waals surface area contributed by atoms with Crippen LogP contribution in [0.5, 0.6) is 0 Å². The SMILES string of the molecule is Cc1ccc(S(=O)(=O)Nc2nc3cc(NC(=O)Nc4ccccc4C)ccc3s2)cc1. The lowest BCUT2D eigenvalue weighted by atomic mass is 10.2. The molecule has 0 aliphatic rings. The monoisotopic (exact) mass is 452 g/mol. The number of urea groups is 1. The van der Waals surface area contributed by atoms with Crippen LogP contribution in [0.4, 0.5) is 21.3 Å². The van der Waals surface area contributed by atoms with Crippen LogP contribution < -0.4 is 15.4 Å². The van der Waals surface area contributed by atoms with E-state index in [4.69, 9.17) is 0 Å². The summed E-state index contributed by atoms with van der Waals surface area (Å²) in [4.78, 5) is 16.8.